The Labute approximate surface area is 128 Å². The normalized spacial score (nSPS) is 15.6. The van der Waals surface area contributed by atoms with Gasteiger partial charge in [0.15, 0.2) is 0 Å². The lowest BCUT2D eigenvalue weighted by atomic mass is 10.1. The SMILES string of the molecule is CCCN(CC)S(=O)(=O)Cc1cccc(CNC2CC2)c1. The van der Waals surface area contributed by atoms with Gasteiger partial charge < -0.3 is 5.32 Å². The van der Waals surface area contributed by atoms with E-state index >= 15 is 0 Å². The third kappa shape index (κ3) is 5.09. The van der Waals surface area contributed by atoms with Crippen LogP contribution in [-0.4, -0.2) is 31.9 Å². The highest BCUT2D eigenvalue weighted by atomic mass is 32.2. The van der Waals surface area contributed by atoms with Crippen molar-refractivity contribution in [3.8, 4) is 0 Å². The molecule has 0 radical (unpaired) electrons. The van der Waals surface area contributed by atoms with E-state index in [0.29, 0.717) is 19.1 Å². The number of hydrogen-bond acceptors (Lipinski definition) is 3. The van der Waals surface area contributed by atoms with Gasteiger partial charge in [0.05, 0.1) is 5.75 Å². The zero-order valence-corrected chi connectivity index (χ0v) is 13.8. The van der Waals surface area contributed by atoms with Crippen LogP contribution in [0, 0.1) is 0 Å². The summed E-state index contributed by atoms with van der Waals surface area (Å²) >= 11 is 0. The molecule has 2 rings (SSSR count). The van der Waals surface area contributed by atoms with E-state index in [4.69, 9.17) is 0 Å². The third-order valence-electron chi connectivity index (χ3n) is 3.73. The number of nitrogens with zero attached hydrogens (tertiary/aromatic N) is 1. The van der Waals surface area contributed by atoms with Gasteiger partial charge in [-0.1, -0.05) is 38.1 Å². The molecule has 5 heteroatoms. The molecule has 1 aromatic rings. The van der Waals surface area contributed by atoms with Crippen molar-refractivity contribution in [2.24, 2.45) is 0 Å². The van der Waals surface area contributed by atoms with Crippen LogP contribution in [0.5, 0.6) is 0 Å². The summed E-state index contributed by atoms with van der Waals surface area (Å²) in [5.41, 5.74) is 2.03. The van der Waals surface area contributed by atoms with Gasteiger partial charge in [-0.25, -0.2) is 12.7 Å². The smallest absolute Gasteiger partial charge is 0.218 e. The van der Waals surface area contributed by atoms with Gasteiger partial charge in [-0.15, -0.1) is 0 Å². The highest BCUT2D eigenvalue weighted by molar-refractivity contribution is 7.88. The van der Waals surface area contributed by atoms with Gasteiger partial charge in [0, 0.05) is 25.7 Å². The quantitative estimate of drug-likeness (QED) is 0.762. The number of benzene rings is 1. The van der Waals surface area contributed by atoms with Crippen LogP contribution in [0.25, 0.3) is 0 Å². The molecule has 1 aliphatic carbocycles. The van der Waals surface area contributed by atoms with Crippen LogP contribution >= 0.6 is 0 Å². The van der Waals surface area contributed by atoms with Crippen molar-refractivity contribution in [3.63, 3.8) is 0 Å². The van der Waals surface area contributed by atoms with Crippen LogP contribution in [-0.2, 0) is 22.3 Å². The molecular weight excluding hydrogens is 284 g/mol. The molecular formula is C16H26N2O2S. The van der Waals surface area contributed by atoms with Crippen LogP contribution in [0.4, 0.5) is 0 Å². The van der Waals surface area contributed by atoms with E-state index in [1.165, 1.54) is 12.8 Å². The second-order valence-corrected chi connectivity index (χ2v) is 7.69. The first-order chi connectivity index (χ1) is 10.0. The Hall–Kier alpha value is -0.910. The standard InChI is InChI=1S/C16H26N2O2S/c1-3-10-18(4-2)21(19,20)13-15-7-5-6-14(11-15)12-17-16-8-9-16/h5-7,11,16-17H,3-4,8-10,12-13H2,1-2H3. The summed E-state index contributed by atoms with van der Waals surface area (Å²) in [5, 5.41) is 3.46. The molecule has 1 N–H and O–H groups in total. The predicted octanol–water partition coefficient (Wildman–Crippen LogP) is 2.50. The highest BCUT2D eigenvalue weighted by Gasteiger charge is 2.21. The zero-order chi connectivity index (χ0) is 15.3. The lowest BCUT2D eigenvalue weighted by molar-refractivity contribution is 0.426. The molecule has 118 valence electrons. The highest BCUT2D eigenvalue weighted by Crippen LogP contribution is 2.20. The molecule has 0 unspecified atom stereocenters. The largest absolute Gasteiger partial charge is 0.310 e. The Balaban J connectivity index is 2.01. The molecule has 0 aromatic heterocycles. The van der Waals surface area contributed by atoms with Gasteiger partial charge in [-0.05, 0) is 30.4 Å². The van der Waals surface area contributed by atoms with Crippen LogP contribution < -0.4 is 5.32 Å². The van der Waals surface area contributed by atoms with E-state index < -0.39 is 10.0 Å². The summed E-state index contributed by atoms with van der Waals surface area (Å²) in [6, 6.07) is 8.57. The number of nitrogens with one attached hydrogen (secondary N) is 1. The lowest BCUT2D eigenvalue weighted by Gasteiger charge is -2.19. The topological polar surface area (TPSA) is 49.4 Å². The molecule has 1 aromatic carbocycles. The molecule has 4 nitrogen and oxygen atoms in total. The molecule has 0 atom stereocenters. The lowest BCUT2D eigenvalue weighted by Crippen LogP contribution is -2.32. The number of rotatable bonds is 9. The zero-order valence-electron chi connectivity index (χ0n) is 13.0. The first kappa shape index (κ1) is 16.5. The van der Waals surface area contributed by atoms with Gasteiger partial charge in [0.25, 0.3) is 0 Å². The Morgan fingerprint density at radius 2 is 1.95 bits per heavy atom. The van der Waals surface area contributed by atoms with Gasteiger partial charge in [0.1, 0.15) is 0 Å². The van der Waals surface area contributed by atoms with E-state index in [2.05, 4.69) is 11.4 Å². The maximum Gasteiger partial charge on any atom is 0.218 e. The van der Waals surface area contributed by atoms with E-state index in [-0.39, 0.29) is 5.75 Å². The first-order valence-corrected chi connectivity index (χ1v) is 9.45. The van der Waals surface area contributed by atoms with Crippen LogP contribution in [0.15, 0.2) is 24.3 Å². The minimum atomic E-state index is -3.21. The molecule has 1 aliphatic rings. The average molecular weight is 310 g/mol. The molecule has 1 saturated carbocycles. The van der Waals surface area contributed by atoms with Gasteiger partial charge in [-0.3, -0.25) is 0 Å². The Morgan fingerprint density at radius 1 is 1.24 bits per heavy atom. The summed E-state index contributed by atoms with van der Waals surface area (Å²) in [4.78, 5) is 0. The fraction of sp³-hybridized carbons (Fsp3) is 0.625. The monoisotopic (exact) mass is 310 g/mol. The first-order valence-electron chi connectivity index (χ1n) is 7.84. The fourth-order valence-electron chi connectivity index (χ4n) is 2.42. The van der Waals surface area contributed by atoms with Gasteiger partial charge in [-0.2, -0.15) is 0 Å². The van der Waals surface area contributed by atoms with Crippen molar-refractivity contribution in [1.29, 1.82) is 0 Å². The van der Waals surface area contributed by atoms with Crippen molar-refractivity contribution in [3.05, 3.63) is 35.4 Å². The van der Waals surface area contributed by atoms with Crippen molar-refractivity contribution in [2.45, 2.75) is 51.4 Å². The Bertz CT molecular complexity index is 553. The van der Waals surface area contributed by atoms with Crippen molar-refractivity contribution >= 4 is 10.0 Å². The molecule has 0 bridgehead atoms. The molecule has 0 heterocycles. The third-order valence-corrected chi connectivity index (χ3v) is 5.66. The number of hydrogen-bond donors (Lipinski definition) is 1. The summed E-state index contributed by atoms with van der Waals surface area (Å²) in [6.45, 7) is 5.86. The molecule has 0 aliphatic heterocycles. The predicted molar refractivity (Wildman–Crippen MR) is 86.5 cm³/mol. The molecule has 0 saturated heterocycles. The van der Waals surface area contributed by atoms with Crippen molar-refractivity contribution < 1.29 is 8.42 Å². The summed E-state index contributed by atoms with van der Waals surface area (Å²) < 4.78 is 26.4. The summed E-state index contributed by atoms with van der Waals surface area (Å²) in [5.74, 6) is 0.0953. The van der Waals surface area contributed by atoms with E-state index in [9.17, 15) is 8.42 Å². The minimum Gasteiger partial charge on any atom is -0.310 e. The molecule has 0 spiro atoms. The molecule has 1 fully saturated rings. The Kier molecular flexibility index (Phi) is 5.79. The number of sulfonamides is 1. The van der Waals surface area contributed by atoms with Crippen LogP contribution in [0.1, 0.15) is 44.2 Å². The molecule has 0 amide bonds. The van der Waals surface area contributed by atoms with Gasteiger partial charge in [0.2, 0.25) is 10.0 Å². The maximum atomic E-state index is 12.4. The van der Waals surface area contributed by atoms with Gasteiger partial charge >= 0.3 is 0 Å². The molecule has 21 heavy (non-hydrogen) atoms. The van der Waals surface area contributed by atoms with E-state index in [0.717, 1.165) is 24.1 Å². The van der Waals surface area contributed by atoms with Crippen LogP contribution in [0.2, 0.25) is 0 Å². The average Bonchev–Trinajstić information content (AvgIpc) is 3.26. The minimum absolute atomic E-state index is 0.0953. The summed E-state index contributed by atoms with van der Waals surface area (Å²) in [7, 11) is -3.21. The van der Waals surface area contributed by atoms with Crippen LogP contribution in [0.3, 0.4) is 0 Å². The second-order valence-electron chi connectivity index (χ2n) is 5.72. The van der Waals surface area contributed by atoms with Crippen molar-refractivity contribution in [2.75, 3.05) is 13.1 Å². The fourth-order valence-corrected chi connectivity index (χ4v) is 4.06. The van der Waals surface area contributed by atoms with E-state index in [1.807, 2.05) is 32.0 Å². The summed E-state index contributed by atoms with van der Waals surface area (Å²) in [6.07, 6.45) is 3.37. The second kappa shape index (κ2) is 7.38. The van der Waals surface area contributed by atoms with E-state index in [1.54, 1.807) is 4.31 Å². The maximum absolute atomic E-state index is 12.4. The Morgan fingerprint density at radius 3 is 2.57 bits per heavy atom. The van der Waals surface area contributed by atoms with Crippen molar-refractivity contribution in [1.82, 2.24) is 9.62 Å².